The van der Waals surface area contributed by atoms with E-state index in [0.29, 0.717) is 5.92 Å². The van der Waals surface area contributed by atoms with E-state index >= 15 is 0 Å². The third kappa shape index (κ3) is 2.03. The lowest BCUT2D eigenvalue weighted by Gasteiger charge is -2.16. The molecule has 3 aromatic rings. The van der Waals surface area contributed by atoms with E-state index in [9.17, 15) is 0 Å². The summed E-state index contributed by atoms with van der Waals surface area (Å²) in [6.45, 7) is 1.92. The van der Waals surface area contributed by atoms with E-state index in [1.54, 1.807) is 12.4 Å². The molecule has 0 N–H and O–H groups in total. The first-order valence-electron chi connectivity index (χ1n) is 7.11. The fourth-order valence-electron chi connectivity index (χ4n) is 3.07. The van der Waals surface area contributed by atoms with Gasteiger partial charge >= 0.3 is 0 Å². The summed E-state index contributed by atoms with van der Waals surface area (Å²) in [6, 6.07) is 4.08. The summed E-state index contributed by atoms with van der Waals surface area (Å²) in [5.41, 5.74) is 2.09. The third-order valence-electron chi connectivity index (χ3n) is 4.08. The van der Waals surface area contributed by atoms with Crippen LogP contribution in [0.3, 0.4) is 0 Å². The minimum atomic E-state index is 0.417. The molecule has 0 saturated carbocycles. The van der Waals surface area contributed by atoms with Gasteiger partial charge in [0.25, 0.3) is 0 Å². The first kappa shape index (κ1) is 12.3. The smallest absolute Gasteiger partial charge is 0.157 e. The summed E-state index contributed by atoms with van der Waals surface area (Å²) in [4.78, 5) is 15.2. The van der Waals surface area contributed by atoms with Gasteiger partial charge in [0.1, 0.15) is 5.82 Å². The van der Waals surface area contributed by atoms with Crippen molar-refractivity contribution in [3.05, 3.63) is 42.6 Å². The molecule has 4 heterocycles. The second-order valence-electron chi connectivity index (χ2n) is 5.38. The molecule has 1 aliphatic rings. The largest absolute Gasteiger partial charge is 0.355 e. The van der Waals surface area contributed by atoms with Crippen LogP contribution in [-0.2, 0) is 7.05 Å². The molecule has 0 amide bonds. The second-order valence-corrected chi connectivity index (χ2v) is 5.38. The molecular weight excluding hydrogens is 264 g/mol. The van der Waals surface area contributed by atoms with Crippen molar-refractivity contribution in [3.63, 3.8) is 0 Å². The van der Waals surface area contributed by atoms with Gasteiger partial charge in [-0.2, -0.15) is 5.10 Å². The van der Waals surface area contributed by atoms with Crippen LogP contribution in [-0.4, -0.2) is 37.8 Å². The Bertz CT molecular complexity index is 766. The van der Waals surface area contributed by atoms with Gasteiger partial charge in [-0.3, -0.25) is 9.67 Å². The molecule has 1 saturated heterocycles. The molecule has 3 aromatic heterocycles. The Balaban J connectivity index is 1.66. The van der Waals surface area contributed by atoms with Gasteiger partial charge in [0.15, 0.2) is 5.65 Å². The van der Waals surface area contributed by atoms with Crippen LogP contribution < -0.4 is 4.90 Å². The van der Waals surface area contributed by atoms with Crippen molar-refractivity contribution in [3.8, 4) is 0 Å². The van der Waals surface area contributed by atoms with Crippen LogP contribution in [0.2, 0.25) is 0 Å². The molecule has 106 valence electrons. The highest BCUT2D eigenvalue weighted by Gasteiger charge is 2.28. The average molecular weight is 280 g/mol. The van der Waals surface area contributed by atoms with Crippen molar-refractivity contribution in [2.75, 3.05) is 18.0 Å². The zero-order chi connectivity index (χ0) is 14.2. The molecular formula is C15H16N6. The van der Waals surface area contributed by atoms with Gasteiger partial charge in [-0.05, 0) is 18.6 Å². The lowest BCUT2D eigenvalue weighted by Crippen LogP contribution is -2.20. The summed E-state index contributed by atoms with van der Waals surface area (Å²) < 4.78 is 1.87. The van der Waals surface area contributed by atoms with Crippen LogP contribution in [0.25, 0.3) is 11.0 Å². The van der Waals surface area contributed by atoms with E-state index < -0.39 is 0 Å². The summed E-state index contributed by atoms with van der Waals surface area (Å²) in [7, 11) is 1.95. The molecule has 1 fully saturated rings. The standard InChI is InChI=1S/C15H16N6/c1-20-15-12(3-2-5-18-15)14(19-20)11-4-8-21(10-11)13-9-16-6-7-17-13/h2-3,5-7,9,11H,4,8,10H2,1H3. The molecule has 1 atom stereocenters. The molecule has 6 heteroatoms. The Labute approximate surface area is 122 Å². The predicted octanol–water partition coefficient (Wildman–Crippen LogP) is 1.75. The summed E-state index contributed by atoms with van der Waals surface area (Å²) >= 11 is 0. The summed E-state index contributed by atoms with van der Waals surface area (Å²) in [6.07, 6.45) is 8.16. The molecule has 0 bridgehead atoms. The fraction of sp³-hybridized carbons (Fsp3) is 0.333. The highest BCUT2D eigenvalue weighted by molar-refractivity contribution is 5.78. The van der Waals surface area contributed by atoms with Crippen molar-refractivity contribution in [1.29, 1.82) is 0 Å². The lowest BCUT2D eigenvalue weighted by molar-refractivity contribution is 0.692. The normalized spacial score (nSPS) is 18.5. The maximum absolute atomic E-state index is 4.69. The van der Waals surface area contributed by atoms with Crippen LogP contribution in [0.1, 0.15) is 18.0 Å². The zero-order valence-electron chi connectivity index (χ0n) is 11.8. The number of aryl methyl sites for hydroxylation is 1. The van der Waals surface area contributed by atoms with Gasteiger partial charge in [-0.1, -0.05) is 0 Å². The van der Waals surface area contributed by atoms with Crippen LogP contribution in [0.4, 0.5) is 5.82 Å². The number of anilines is 1. The van der Waals surface area contributed by atoms with Crippen molar-refractivity contribution < 1.29 is 0 Å². The second kappa shape index (κ2) is 4.80. The minimum Gasteiger partial charge on any atom is -0.355 e. The molecule has 0 spiro atoms. The highest BCUT2D eigenvalue weighted by atomic mass is 15.3. The summed E-state index contributed by atoms with van der Waals surface area (Å²) in [5.74, 6) is 1.36. The zero-order valence-corrected chi connectivity index (χ0v) is 11.8. The van der Waals surface area contributed by atoms with Gasteiger partial charge in [0, 0.05) is 50.0 Å². The Kier molecular flexibility index (Phi) is 2.80. The quantitative estimate of drug-likeness (QED) is 0.715. The van der Waals surface area contributed by atoms with Gasteiger partial charge in [0.2, 0.25) is 0 Å². The lowest BCUT2D eigenvalue weighted by atomic mass is 10.0. The maximum Gasteiger partial charge on any atom is 0.157 e. The topological polar surface area (TPSA) is 59.7 Å². The van der Waals surface area contributed by atoms with E-state index in [2.05, 4.69) is 25.9 Å². The highest BCUT2D eigenvalue weighted by Crippen LogP contribution is 2.32. The molecule has 4 rings (SSSR count). The molecule has 6 nitrogen and oxygen atoms in total. The van der Waals surface area contributed by atoms with E-state index in [1.165, 1.54) is 0 Å². The van der Waals surface area contributed by atoms with E-state index in [-0.39, 0.29) is 0 Å². The molecule has 0 aliphatic carbocycles. The Morgan fingerprint density at radius 1 is 1.19 bits per heavy atom. The fourth-order valence-corrected chi connectivity index (χ4v) is 3.07. The monoisotopic (exact) mass is 280 g/mol. The SMILES string of the molecule is Cn1nc(C2CCN(c3cnccn3)C2)c2cccnc21. The number of pyridine rings is 1. The number of hydrogen-bond acceptors (Lipinski definition) is 5. The van der Waals surface area contributed by atoms with Crippen LogP contribution in [0.5, 0.6) is 0 Å². The van der Waals surface area contributed by atoms with Crippen molar-refractivity contribution >= 4 is 16.9 Å². The van der Waals surface area contributed by atoms with Gasteiger partial charge in [-0.25, -0.2) is 9.97 Å². The minimum absolute atomic E-state index is 0.417. The predicted molar refractivity (Wildman–Crippen MR) is 80.1 cm³/mol. The molecule has 0 aromatic carbocycles. The van der Waals surface area contributed by atoms with Crippen LogP contribution >= 0.6 is 0 Å². The molecule has 1 aliphatic heterocycles. The third-order valence-corrected chi connectivity index (χ3v) is 4.08. The first-order valence-corrected chi connectivity index (χ1v) is 7.11. The Hall–Kier alpha value is -2.50. The van der Waals surface area contributed by atoms with Crippen LogP contribution in [0.15, 0.2) is 36.9 Å². The number of fused-ring (bicyclic) bond motifs is 1. The number of rotatable bonds is 2. The van der Waals surface area contributed by atoms with Gasteiger partial charge in [0.05, 0.1) is 11.9 Å². The average Bonchev–Trinajstić information content (AvgIpc) is 3.14. The van der Waals surface area contributed by atoms with Crippen molar-refractivity contribution in [2.24, 2.45) is 7.05 Å². The number of aromatic nitrogens is 5. The maximum atomic E-state index is 4.69. The van der Waals surface area contributed by atoms with Crippen molar-refractivity contribution in [2.45, 2.75) is 12.3 Å². The van der Waals surface area contributed by atoms with E-state index in [0.717, 1.165) is 42.1 Å². The number of hydrogen-bond donors (Lipinski definition) is 0. The van der Waals surface area contributed by atoms with Gasteiger partial charge in [-0.15, -0.1) is 0 Å². The molecule has 1 unspecified atom stereocenters. The molecule has 0 radical (unpaired) electrons. The summed E-state index contributed by atoms with van der Waals surface area (Å²) in [5, 5.41) is 5.85. The van der Waals surface area contributed by atoms with Crippen LogP contribution in [0, 0.1) is 0 Å². The first-order chi connectivity index (χ1) is 10.3. The van der Waals surface area contributed by atoms with E-state index in [4.69, 9.17) is 5.10 Å². The Morgan fingerprint density at radius 2 is 2.14 bits per heavy atom. The van der Waals surface area contributed by atoms with Crippen molar-refractivity contribution in [1.82, 2.24) is 24.7 Å². The van der Waals surface area contributed by atoms with Gasteiger partial charge < -0.3 is 4.90 Å². The van der Waals surface area contributed by atoms with E-state index in [1.807, 2.05) is 30.2 Å². The molecule has 21 heavy (non-hydrogen) atoms. The Morgan fingerprint density at radius 3 is 3.00 bits per heavy atom. The number of nitrogens with zero attached hydrogens (tertiary/aromatic N) is 6.